The molecule has 1 aromatic carbocycles. The molecule has 24 heavy (non-hydrogen) atoms. The van der Waals surface area contributed by atoms with Crippen LogP contribution in [0.25, 0.3) is 0 Å². The normalized spacial score (nSPS) is 14.4. The highest BCUT2D eigenvalue weighted by atomic mass is 16.5. The number of rotatable bonds is 7. The molecule has 0 radical (unpaired) electrons. The number of ketones is 1. The number of para-hydroxylation sites is 1. The zero-order chi connectivity index (χ0) is 17.4. The average molecular weight is 332 g/mol. The van der Waals surface area contributed by atoms with E-state index in [2.05, 4.69) is 0 Å². The monoisotopic (exact) mass is 332 g/mol. The molecule has 2 rings (SSSR count). The van der Waals surface area contributed by atoms with E-state index < -0.39 is 0 Å². The van der Waals surface area contributed by atoms with Gasteiger partial charge in [0.2, 0.25) is 11.8 Å². The molecule has 1 aliphatic rings. The molecule has 1 fully saturated rings. The topological polar surface area (TPSA) is 66.9 Å². The van der Waals surface area contributed by atoms with Crippen molar-refractivity contribution in [2.75, 3.05) is 32.8 Å². The molecule has 1 saturated heterocycles. The van der Waals surface area contributed by atoms with E-state index in [0.29, 0.717) is 39.2 Å². The quantitative estimate of drug-likeness (QED) is 0.759. The molecule has 0 saturated carbocycles. The van der Waals surface area contributed by atoms with Crippen molar-refractivity contribution in [2.45, 2.75) is 26.2 Å². The lowest BCUT2D eigenvalue weighted by molar-refractivity contribution is -0.140. The molecule has 1 aliphatic heterocycles. The highest BCUT2D eigenvalue weighted by Crippen LogP contribution is 2.10. The fourth-order valence-electron chi connectivity index (χ4n) is 2.58. The minimum absolute atomic E-state index is 0.00953. The lowest BCUT2D eigenvalue weighted by Gasteiger charge is -2.34. The van der Waals surface area contributed by atoms with Crippen LogP contribution in [0.2, 0.25) is 0 Å². The Hall–Kier alpha value is -2.37. The number of nitrogens with zero attached hydrogens (tertiary/aromatic N) is 2. The van der Waals surface area contributed by atoms with Crippen molar-refractivity contribution in [3.05, 3.63) is 30.3 Å². The Bertz CT molecular complexity index is 566. The number of hydrogen-bond donors (Lipinski definition) is 0. The standard InChI is InChI=1S/C18H24N2O4/c1-15(21)7-8-17(22)19-10-12-20(13-11-19)18(23)9-14-24-16-5-3-2-4-6-16/h2-6H,7-14H2,1H3. The van der Waals surface area contributed by atoms with Crippen LogP contribution in [0, 0.1) is 0 Å². The highest BCUT2D eigenvalue weighted by Gasteiger charge is 2.23. The summed E-state index contributed by atoms with van der Waals surface area (Å²) in [6.07, 6.45) is 0.871. The number of Topliss-reactive ketones (excluding diaryl/α,β-unsaturated/α-hetero) is 1. The van der Waals surface area contributed by atoms with Crippen LogP contribution in [0.15, 0.2) is 30.3 Å². The van der Waals surface area contributed by atoms with Gasteiger partial charge in [0.25, 0.3) is 0 Å². The number of piperazine rings is 1. The fraction of sp³-hybridized carbons (Fsp3) is 0.500. The summed E-state index contributed by atoms with van der Waals surface area (Å²) in [7, 11) is 0. The summed E-state index contributed by atoms with van der Waals surface area (Å²) in [4.78, 5) is 38.6. The molecule has 2 amide bonds. The van der Waals surface area contributed by atoms with Gasteiger partial charge in [0.15, 0.2) is 0 Å². The summed E-state index contributed by atoms with van der Waals surface area (Å²) in [5, 5.41) is 0. The molecule has 130 valence electrons. The smallest absolute Gasteiger partial charge is 0.226 e. The molecule has 0 aromatic heterocycles. The van der Waals surface area contributed by atoms with Crippen LogP contribution >= 0.6 is 0 Å². The van der Waals surface area contributed by atoms with Crippen LogP contribution in [-0.4, -0.2) is 60.2 Å². The predicted molar refractivity (Wildman–Crippen MR) is 89.6 cm³/mol. The molecule has 6 nitrogen and oxygen atoms in total. The second kappa shape index (κ2) is 9.05. The Morgan fingerprint density at radius 1 is 0.875 bits per heavy atom. The van der Waals surface area contributed by atoms with Gasteiger partial charge in [0.05, 0.1) is 13.0 Å². The summed E-state index contributed by atoms with van der Waals surface area (Å²) in [5.41, 5.74) is 0. The average Bonchev–Trinajstić information content (AvgIpc) is 2.60. The molecular weight excluding hydrogens is 308 g/mol. The molecule has 0 spiro atoms. The van der Waals surface area contributed by atoms with Crippen molar-refractivity contribution in [3.8, 4) is 5.75 Å². The maximum atomic E-state index is 12.2. The first-order valence-electron chi connectivity index (χ1n) is 8.29. The lowest BCUT2D eigenvalue weighted by atomic mass is 10.2. The molecule has 1 aromatic rings. The van der Waals surface area contributed by atoms with E-state index in [-0.39, 0.29) is 30.4 Å². The molecule has 1 heterocycles. The number of hydrogen-bond acceptors (Lipinski definition) is 4. The van der Waals surface area contributed by atoms with Crippen molar-refractivity contribution in [1.29, 1.82) is 0 Å². The van der Waals surface area contributed by atoms with Gasteiger partial charge in [0.1, 0.15) is 11.5 Å². The van der Waals surface area contributed by atoms with E-state index in [9.17, 15) is 14.4 Å². The summed E-state index contributed by atoms with van der Waals surface area (Å²) in [6.45, 7) is 3.97. The number of carbonyl (C=O) groups is 3. The SMILES string of the molecule is CC(=O)CCC(=O)N1CCN(C(=O)CCOc2ccccc2)CC1. The number of benzene rings is 1. The summed E-state index contributed by atoms with van der Waals surface area (Å²) in [6, 6.07) is 9.40. The molecule has 6 heteroatoms. The first-order chi connectivity index (χ1) is 11.6. The maximum absolute atomic E-state index is 12.2. The van der Waals surface area contributed by atoms with Crippen LogP contribution in [0.3, 0.4) is 0 Å². The van der Waals surface area contributed by atoms with E-state index in [1.165, 1.54) is 6.92 Å². The van der Waals surface area contributed by atoms with Gasteiger partial charge >= 0.3 is 0 Å². The van der Waals surface area contributed by atoms with E-state index in [4.69, 9.17) is 4.74 Å². The van der Waals surface area contributed by atoms with Crippen molar-refractivity contribution in [3.63, 3.8) is 0 Å². The van der Waals surface area contributed by atoms with E-state index in [0.717, 1.165) is 5.75 Å². The predicted octanol–water partition coefficient (Wildman–Crippen LogP) is 1.50. The zero-order valence-electron chi connectivity index (χ0n) is 14.1. The van der Waals surface area contributed by atoms with Crippen molar-refractivity contribution in [2.24, 2.45) is 0 Å². The van der Waals surface area contributed by atoms with Crippen molar-refractivity contribution < 1.29 is 19.1 Å². The Morgan fingerprint density at radius 2 is 1.42 bits per heavy atom. The molecule has 0 aliphatic carbocycles. The molecule has 0 unspecified atom stereocenters. The van der Waals surface area contributed by atoms with Gasteiger partial charge in [-0.2, -0.15) is 0 Å². The van der Waals surface area contributed by atoms with Crippen molar-refractivity contribution >= 4 is 17.6 Å². The molecule has 0 bridgehead atoms. The van der Waals surface area contributed by atoms with Gasteiger partial charge in [-0.15, -0.1) is 0 Å². The Balaban J connectivity index is 1.67. The highest BCUT2D eigenvalue weighted by molar-refractivity contribution is 5.84. The zero-order valence-corrected chi connectivity index (χ0v) is 14.1. The number of amides is 2. The van der Waals surface area contributed by atoms with Crippen molar-refractivity contribution in [1.82, 2.24) is 9.80 Å². The largest absolute Gasteiger partial charge is 0.493 e. The van der Waals surface area contributed by atoms with E-state index >= 15 is 0 Å². The summed E-state index contributed by atoms with van der Waals surface area (Å²) in [5.74, 6) is 0.813. The first-order valence-corrected chi connectivity index (χ1v) is 8.29. The van der Waals surface area contributed by atoms with Gasteiger partial charge in [-0.05, 0) is 19.1 Å². The van der Waals surface area contributed by atoms with Gasteiger partial charge < -0.3 is 19.3 Å². The third kappa shape index (κ3) is 5.68. The van der Waals surface area contributed by atoms with Crippen LogP contribution in [-0.2, 0) is 14.4 Å². The van der Waals surface area contributed by atoms with Crippen LogP contribution in [0.5, 0.6) is 5.75 Å². The molecular formula is C18H24N2O4. The summed E-state index contributed by atoms with van der Waals surface area (Å²) >= 11 is 0. The minimum Gasteiger partial charge on any atom is -0.493 e. The molecule has 0 N–H and O–H groups in total. The molecule has 0 atom stereocenters. The van der Waals surface area contributed by atoms with Crippen LogP contribution < -0.4 is 4.74 Å². The summed E-state index contributed by atoms with van der Waals surface area (Å²) < 4.78 is 5.54. The second-order valence-electron chi connectivity index (χ2n) is 5.88. The number of carbonyl (C=O) groups excluding carboxylic acids is 3. The minimum atomic E-state index is -0.00953. The van der Waals surface area contributed by atoms with Gasteiger partial charge in [0, 0.05) is 39.0 Å². The fourth-order valence-corrected chi connectivity index (χ4v) is 2.58. The lowest BCUT2D eigenvalue weighted by Crippen LogP contribution is -2.50. The Labute approximate surface area is 142 Å². The Morgan fingerprint density at radius 3 is 1.96 bits per heavy atom. The Kier molecular flexibility index (Phi) is 6.78. The van der Waals surface area contributed by atoms with Crippen LogP contribution in [0.4, 0.5) is 0 Å². The van der Waals surface area contributed by atoms with E-state index in [1.807, 2.05) is 30.3 Å². The van der Waals surface area contributed by atoms with Gasteiger partial charge in [-0.25, -0.2) is 0 Å². The van der Waals surface area contributed by atoms with Gasteiger partial charge in [-0.3, -0.25) is 9.59 Å². The third-order valence-corrected chi connectivity index (χ3v) is 4.00. The van der Waals surface area contributed by atoms with Gasteiger partial charge in [-0.1, -0.05) is 18.2 Å². The second-order valence-corrected chi connectivity index (χ2v) is 5.88. The number of ether oxygens (including phenoxy) is 1. The first kappa shape index (κ1) is 18.0. The van der Waals surface area contributed by atoms with Crippen LogP contribution in [0.1, 0.15) is 26.2 Å². The van der Waals surface area contributed by atoms with E-state index in [1.54, 1.807) is 9.80 Å². The maximum Gasteiger partial charge on any atom is 0.226 e. The third-order valence-electron chi connectivity index (χ3n) is 4.00.